The highest BCUT2D eigenvalue weighted by Crippen LogP contribution is 2.13. The van der Waals surface area contributed by atoms with E-state index >= 15 is 0 Å². The molecular weight excluding hydrogens is 308 g/mol. The van der Waals surface area contributed by atoms with Gasteiger partial charge in [0.1, 0.15) is 0 Å². The van der Waals surface area contributed by atoms with Gasteiger partial charge < -0.3 is 5.32 Å². The van der Waals surface area contributed by atoms with E-state index in [-0.39, 0.29) is 0 Å². The Morgan fingerprint density at radius 2 is 1.72 bits per heavy atom. The first-order valence-corrected chi connectivity index (χ1v) is 8.46. The van der Waals surface area contributed by atoms with Gasteiger partial charge in [0.25, 0.3) is 0 Å². The molecule has 1 N–H and O–H groups in total. The van der Waals surface area contributed by atoms with E-state index in [9.17, 15) is 0 Å². The van der Waals surface area contributed by atoms with E-state index < -0.39 is 0 Å². The van der Waals surface area contributed by atoms with E-state index in [4.69, 9.17) is 0 Å². The van der Waals surface area contributed by atoms with Crippen molar-refractivity contribution in [3.8, 4) is 0 Å². The lowest BCUT2D eigenvalue weighted by molar-refractivity contribution is 0.677. The molecule has 0 unspecified atom stereocenters. The summed E-state index contributed by atoms with van der Waals surface area (Å²) in [6.45, 7) is 2.44. The lowest BCUT2D eigenvalue weighted by atomic mass is 10.1. The van der Waals surface area contributed by atoms with Crippen molar-refractivity contribution >= 4 is 10.9 Å². The molecule has 0 amide bonds. The summed E-state index contributed by atoms with van der Waals surface area (Å²) in [4.78, 5) is 4.36. The molecule has 124 valence electrons. The van der Waals surface area contributed by atoms with Crippen molar-refractivity contribution in [2.75, 3.05) is 0 Å². The van der Waals surface area contributed by atoms with Crippen LogP contribution in [0, 0.1) is 0 Å². The second-order valence-corrected chi connectivity index (χ2v) is 6.17. The minimum absolute atomic E-state index is 0.804. The van der Waals surface area contributed by atoms with Crippen molar-refractivity contribution in [3.05, 3.63) is 95.9 Å². The number of nitrogens with one attached hydrogen (secondary N) is 1. The molecule has 2 aromatic carbocycles. The number of nitrogens with zero attached hydrogens (tertiary/aromatic N) is 3. The van der Waals surface area contributed by atoms with Gasteiger partial charge in [-0.3, -0.25) is 9.67 Å². The molecule has 0 atom stereocenters. The third-order valence-corrected chi connectivity index (χ3v) is 4.20. The van der Waals surface area contributed by atoms with Gasteiger partial charge in [0.15, 0.2) is 0 Å². The second-order valence-electron chi connectivity index (χ2n) is 6.17. The number of hydrogen-bond acceptors (Lipinski definition) is 3. The normalized spacial score (nSPS) is 11.0. The van der Waals surface area contributed by atoms with Crippen molar-refractivity contribution in [1.29, 1.82) is 0 Å². The Balaban J connectivity index is 1.33. The Labute approximate surface area is 147 Å². The predicted octanol–water partition coefficient (Wildman–Crippen LogP) is 3.77. The Morgan fingerprint density at radius 1 is 0.840 bits per heavy atom. The molecule has 0 saturated heterocycles. The van der Waals surface area contributed by atoms with Gasteiger partial charge in [-0.15, -0.1) is 0 Å². The zero-order chi connectivity index (χ0) is 16.9. The second kappa shape index (κ2) is 7.28. The molecule has 4 nitrogen and oxygen atoms in total. The molecule has 0 aliphatic heterocycles. The van der Waals surface area contributed by atoms with Gasteiger partial charge in [-0.25, -0.2) is 0 Å². The first-order chi connectivity index (χ1) is 12.4. The fraction of sp³-hybridized carbons (Fsp3) is 0.143. The molecule has 25 heavy (non-hydrogen) atoms. The van der Waals surface area contributed by atoms with Crippen LogP contribution in [0.25, 0.3) is 10.9 Å². The monoisotopic (exact) mass is 328 g/mol. The van der Waals surface area contributed by atoms with E-state index in [1.54, 1.807) is 0 Å². The summed E-state index contributed by atoms with van der Waals surface area (Å²) in [5.74, 6) is 0. The van der Waals surface area contributed by atoms with Crippen LogP contribution in [0.3, 0.4) is 0 Å². The Bertz CT molecular complexity index is 960. The summed E-state index contributed by atoms with van der Waals surface area (Å²) in [5.41, 5.74) is 4.75. The largest absolute Gasteiger partial charge is 0.309 e. The summed E-state index contributed by atoms with van der Waals surface area (Å²) in [5, 5.41) is 9.11. The molecule has 0 aliphatic carbocycles. The average Bonchev–Trinajstić information content (AvgIpc) is 3.10. The standard InChI is InChI=1S/C21H20N4/c1-2-5-17(6-3-1)15-25-16-19(14-24-25)13-22-12-18-8-9-21-20(11-18)7-4-10-23-21/h1-11,14,16,22H,12-13,15H2. The maximum atomic E-state index is 4.45. The van der Waals surface area contributed by atoms with E-state index in [0.29, 0.717) is 0 Å². The molecule has 0 radical (unpaired) electrons. The Hall–Kier alpha value is -2.98. The van der Waals surface area contributed by atoms with Crippen molar-refractivity contribution in [2.45, 2.75) is 19.6 Å². The van der Waals surface area contributed by atoms with Gasteiger partial charge in [0.05, 0.1) is 18.3 Å². The van der Waals surface area contributed by atoms with Crippen LogP contribution in [0.1, 0.15) is 16.7 Å². The van der Waals surface area contributed by atoms with Crippen molar-refractivity contribution in [3.63, 3.8) is 0 Å². The first kappa shape index (κ1) is 15.5. The van der Waals surface area contributed by atoms with Crippen LogP contribution in [0.15, 0.2) is 79.3 Å². The summed E-state index contributed by atoms with van der Waals surface area (Å²) >= 11 is 0. The Morgan fingerprint density at radius 3 is 2.64 bits per heavy atom. The molecule has 0 fully saturated rings. The first-order valence-electron chi connectivity index (χ1n) is 8.46. The summed E-state index contributed by atoms with van der Waals surface area (Å²) in [6.07, 6.45) is 5.86. The van der Waals surface area contributed by atoms with Crippen LogP contribution >= 0.6 is 0 Å². The smallest absolute Gasteiger partial charge is 0.0702 e. The topological polar surface area (TPSA) is 42.7 Å². The number of benzene rings is 2. The summed E-state index contributed by atoms with van der Waals surface area (Å²) in [6, 6.07) is 20.8. The highest BCUT2D eigenvalue weighted by atomic mass is 15.3. The fourth-order valence-electron chi connectivity index (χ4n) is 2.94. The van der Waals surface area contributed by atoms with Gasteiger partial charge in [-0.2, -0.15) is 5.10 Å². The maximum Gasteiger partial charge on any atom is 0.0702 e. The van der Waals surface area contributed by atoms with Crippen molar-refractivity contribution < 1.29 is 0 Å². The maximum absolute atomic E-state index is 4.45. The van der Waals surface area contributed by atoms with Crippen molar-refractivity contribution in [2.24, 2.45) is 0 Å². The van der Waals surface area contributed by atoms with E-state index in [1.165, 1.54) is 22.1 Å². The summed E-state index contributed by atoms with van der Waals surface area (Å²) in [7, 11) is 0. The van der Waals surface area contributed by atoms with Crippen LogP contribution in [0.4, 0.5) is 0 Å². The third-order valence-electron chi connectivity index (χ3n) is 4.20. The van der Waals surface area contributed by atoms with Crippen LogP contribution in [-0.2, 0) is 19.6 Å². The van der Waals surface area contributed by atoms with Crippen molar-refractivity contribution in [1.82, 2.24) is 20.1 Å². The fourth-order valence-corrected chi connectivity index (χ4v) is 2.94. The van der Waals surface area contributed by atoms with Gasteiger partial charge in [-0.1, -0.05) is 42.5 Å². The van der Waals surface area contributed by atoms with Crippen LogP contribution in [-0.4, -0.2) is 14.8 Å². The molecular formula is C21H20N4. The molecule has 2 heterocycles. The highest BCUT2D eigenvalue weighted by Gasteiger charge is 2.01. The van der Waals surface area contributed by atoms with Gasteiger partial charge in [0, 0.05) is 36.4 Å². The SMILES string of the molecule is c1ccc(Cn2cc(CNCc3ccc4ncccc4c3)cn2)cc1. The van der Waals surface area contributed by atoms with Crippen LogP contribution in [0.5, 0.6) is 0 Å². The quantitative estimate of drug-likeness (QED) is 0.586. The molecule has 4 heteroatoms. The molecule has 0 aliphatic rings. The lowest BCUT2D eigenvalue weighted by Gasteiger charge is -2.05. The molecule has 4 rings (SSSR count). The zero-order valence-corrected chi connectivity index (χ0v) is 14.0. The Kier molecular flexibility index (Phi) is 4.53. The van der Waals surface area contributed by atoms with Gasteiger partial charge in [0.2, 0.25) is 0 Å². The van der Waals surface area contributed by atoms with Crippen LogP contribution in [0.2, 0.25) is 0 Å². The predicted molar refractivity (Wildman–Crippen MR) is 100 cm³/mol. The third kappa shape index (κ3) is 3.92. The van der Waals surface area contributed by atoms with E-state index in [0.717, 1.165) is 25.2 Å². The molecule has 0 bridgehead atoms. The molecule has 2 aromatic heterocycles. The number of aromatic nitrogens is 3. The number of pyridine rings is 1. The average molecular weight is 328 g/mol. The van der Waals surface area contributed by atoms with E-state index in [1.807, 2.05) is 29.2 Å². The zero-order valence-electron chi connectivity index (χ0n) is 14.0. The molecule has 4 aromatic rings. The number of hydrogen-bond donors (Lipinski definition) is 1. The van der Waals surface area contributed by atoms with Gasteiger partial charge >= 0.3 is 0 Å². The molecule has 0 saturated carbocycles. The summed E-state index contributed by atoms with van der Waals surface area (Å²) < 4.78 is 1.98. The van der Waals surface area contributed by atoms with Crippen LogP contribution < -0.4 is 5.32 Å². The molecule has 0 spiro atoms. The lowest BCUT2D eigenvalue weighted by Crippen LogP contribution is -2.12. The minimum atomic E-state index is 0.804. The minimum Gasteiger partial charge on any atom is -0.309 e. The highest BCUT2D eigenvalue weighted by molar-refractivity contribution is 5.78. The van der Waals surface area contributed by atoms with E-state index in [2.05, 4.69) is 70.1 Å². The van der Waals surface area contributed by atoms with Gasteiger partial charge in [-0.05, 0) is 29.3 Å². The number of rotatable bonds is 6. The number of fused-ring (bicyclic) bond motifs is 1.